The highest BCUT2D eigenvalue weighted by Crippen LogP contribution is 2.10. The van der Waals surface area contributed by atoms with Crippen LogP contribution in [0.1, 0.15) is 19.5 Å². The molecule has 0 aliphatic heterocycles. The number of rotatable bonds is 5. The van der Waals surface area contributed by atoms with Gasteiger partial charge in [0, 0.05) is 24.2 Å². The molecule has 0 saturated carbocycles. The molecule has 0 aliphatic rings. The van der Waals surface area contributed by atoms with Crippen molar-refractivity contribution in [2.75, 3.05) is 13.1 Å². The Morgan fingerprint density at radius 2 is 2.36 bits per heavy atom. The maximum absolute atomic E-state index is 10.8. The van der Waals surface area contributed by atoms with Crippen LogP contribution in [0, 0.1) is 5.41 Å². The number of aromatic nitrogens is 1. The minimum absolute atomic E-state index is 0.000106. The Morgan fingerprint density at radius 1 is 1.64 bits per heavy atom. The number of nitrogens with two attached hydrogens (primary N) is 1. The molecular formula is C9H17N3OS. The minimum Gasteiger partial charge on any atom is -0.330 e. The van der Waals surface area contributed by atoms with E-state index >= 15 is 0 Å². The van der Waals surface area contributed by atoms with Gasteiger partial charge in [0.1, 0.15) is 0 Å². The van der Waals surface area contributed by atoms with Gasteiger partial charge in [-0.15, -0.1) is 0 Å². The third-order valence-corrected chi connectivity index (χ3v) is 2.76. The normalized spacial score (nSPS) is 11.9. The molecule has 4 N–H and O–H groups in total. The topological polar surface area (TPSA) is 70.9 Å². The Kier molecular flexibility index (Phi) is 3.86. The Balaban J connectivity index is 2.32. The van der Waals surface area contributed by atoms with Crippen molar-refractivity contribution in [3.05, 3.63) is 20.7 Å². The van der Waals surface area contributed by atoms with Crippen LogP contribution in [0.4, 0.5) is 0 Å². The molecule has 0 spiro atoms. The summed E-state index contributed by atoms with van der Waals surface area (Å²) in [4.78, 5) is 13.6. The van der Waals surface area contributed by atoms with Crippen molar-refractivity contribution in [1.82, 2.24) is 10.3 Å². The molecule has 0 aliphatic carbocycles. The lowest BCUT2D eigenvalue weighted by molar-refractivity contribution is 0.350. The third kappa shape index (κ3) is 3.61. The number of aromatic amines is 1. The molecule has 0 aromatic carbocycles. The predicted octanol–water partition coefficient (Wildman–Crippen LogP) is 0.511. The van der Waals surface area contributed by atoms with Crippen LogP contribution in [-0.2, 0) is 6.54 Å². The Bertz CT molecular complexity index is 329. The summed E-state index contributed by atoms with van der Waals surface area (Å²) in [5.41, 5.74) is 6.64. The maximum atomic E-state index is 10.8. The monoisotopic (exact) mass is 215 g/mol. The highest BCUT2D eigenvalue weighted by molar-refractivity contribution is 7.07. The molecule has 0 unspecified atom stereocenters. The highest BCUT2D eigenvalue weighted by atomic mass is 32.1. The maximum Gasteiger partial charge on any atom is 0.304 e. The minimum atomic E-state index is -0.000106. The SMILES string of the molecule is CC(C)(CN)CNCc1csc(=O)[nH]1. The zero-order valence-electron chi connectivity index (χ0n) is 8.59. The molecule has 4 nitrogen and oxygen atoms in total. The fourth-order valence-electron chi connectivity index (χ4n) is 1.01. The molecule has 1 heterocycles. The van der Waals surface area contributed by atoms with Crippen molar-refractivity contribution in [2.45, 2.75) is 20.4 Å². The van der Waals surface area contributed by atoms with Crippen LogP contribution in [0.5, 0.6) is 0 Å². The number of thiazole rings is 1. The highest BCUT2D eigenvalue weighted by Gasteiger charge is 2.14. The summed E-state index contributed by atoms with van der Waals surface area (Å²) < 4.78 is 0. The number of hydrogen-bond acceptors (Lipinski definition) is 4. The molecule has 14 heavy (non-hydrogen) atoms. The van der Waals surface area contributed by atoms with Gasteiger partial charge >= 0.3 is 4.87 Å². The first-order valence-corrected chi connectivity index (χ1v) is 5.49. The molecule has 0 fully saturated rings. The first kappa shape index (κ1) is 11.4. The molecule has 0 saturated heterocycles. The van der Waals surface area contributed by atoms with Crippen molar-refractivity contribution in [3.8, 4) is 0 Å². The largest absolute Gasteiger partial charge is 0.330 e. The molecular weight excluding hydrogens is 198 g/mol. The summed E-state index contributed by atoms with van der Waals surface area (Å²) in [5.74, 6) is 0. The van der Waals surface area contributed by atoms with Gasteiger partial charge in [-0.25, -0.2) is 0 Å². The number of H-pyrrole nitrogens is 1. The summed E-state index contributed by atoms with van der Waals surface area (Å²) in [6, 6.07) is 0. The van der Waals surface area contributed by atoms with E-state index in [1.54, 1.807) is 0 Å². The Labute approximate surface area is 87.5 Å². The van der Waals surface area contributed by atoms with Gasteiger partial charge < -0.3 is 16.0 Å². The Hall–Kier alpha value is -0.650. The summed E-state index contributed by atoms with van der Waals surface area (Å²) >= 11 is 1.19. The van der Waals surface area contributed by atoms with Gasteiger partial charge in [0.2, 0.25) is 0 Å². The van der Waals surface area contributed by atoms with E-state index in [0.717, 1.165) is 12.2 Å². The summed E-state index contributed by atoms with van der Waals surface area (Å²) in [6.07, 6.45) is 0. The molecule has 0 amide bonds. The van der Waals surface area contributed by atoms with Crippen molar-refractivity contribution in [3.63, 3.8) is 0 Å². The molecule has 0 radical (unpaired) electrons. The lowest BCUT2D eigenvalue weighted by Gasteiger charge is -2.22. The summed E-state index contributed by atoms with van der Waals surface area (Å²) in [6.45, 7) is 6.41. The van der Waals surface area contributed by atoms with Gasteiger partial charge in [0.15, 0.2) is 0 Å². The van der Waals surface area contributed by atoms with Gasteiger partial charge in [-0.05, 0) is 12.0 Å². The fourth-order valence-corrected chi connectivity index (χ4v) is 1.59. The fraction of sp³-hybridized carbons (Fsp3) is 0.667. The molecule has 0 bridgehead atoms. The molecule has 1 rings (SSSR count). The summed E-state index contributed by atoms with van der Waals surface area (Å²) in [7, 11) is 0. The van der Waals surface area contributed by atoms with E-state index in [9.17, 15) is 4.79 Å². The van der Waals surface area contributed by atoms with E-state index in [4.69, 9.17) is 5.73 Å². The quantitative estimate of drug-likeness (QED) is 0.670. The van der Waals surface area contributed by atoms with Gasteiger partial charge in [-0.3, -0.25) is 4.79 Å². The van der Waals surface area contributed by atoms with E-state index in [2.05, 4.69) is 24.1 Å². The molecule has 1 aromatic heterocycles. The molecule has 5 heteroatoms. The zero-order valence-corrected chi connectivity index (χ0v) is 9.41. The molecule has 80 valence electrons. The van der Waals surface area contributed by atoms with E-state index in [1.807, 2.05) is 5.38 Å². The lowest BCUT2D eigenvalue weighted by atomic mass is 9.94. The summed E-state index contributed by atoms with van der Waals surface area (Å²) in [5, 5.41) is 5.10. The van der Waals surface area contributed by atoms with Crippen LogP contribution in [-0.4, -0.2) is 18.1 Å². The average Bonchev–Trinajstić information content (AvgIpc) is 2.51. The van der Waals surface area contributed by atoms with E-state index in [0.29, 0.717) is 13.1 Å². The smallest absolute Gasteiger partial charge is 0.304 e. The Morgan fingerprint density at radius 3 is 2.86 bits per heavy atom. The van der Waals surface area contributed by atoms with Crippen LogP contribution in [0.3, 0.4) is 0 Å². The molecule has 1 aromatic rings. The first-order chi connectivity index (χ1) is 6.53. The second kappa shape index (κ2) is 4.72. The first-order valence-electron chi connectivity index (χ1n) is 4.61. The predicted molar refractivity (Wildman–Crippen MR) is 59.5 cm³/mol. The van der Waals surface area contributed by atoms with Crippen molar-refractivity contribution < 1.29 is 0 Å². The van der Waals surface area contributed by atoms with Gasteiger partial charge in [0.25, 0.3) is 0 Å². The zero-order chi connectivity index (χ0) is 10.6. The second-order valence-electron chi connectivity index (χ2n) is 4.15. The van der Waals surface area contributed by atoms with Gasteiger partial charge in [-0.1, -0.05) is 25.2 Å². The second-order valence-corrected chi connectivity index (χ2v) is 4.99. The third-order valence-electron chi connectivity index (χ3n) is 2.04. The number of nitrogens with one attached hydrogen (secondary N) is 2. The van der Waals surface area contributed by atoms with Crippen LogP contribution in [0.15, 0.2) is 10.2 Å². The van der Waals surface area contributed by atoms with E-state index < -0.39 is 0 Å². The van der Waals surface area contributed by atoms with Gasteiger partial charge in [-0.2, -0.15) is 0 Å². The van der Waals surface area contributed by atoms with Crippen LogP contribution < -0.4 is 15.9 Å². The van der Waals surface area contributed by atoms with Crippen LogP contribution in [0.2, 0.25) is 0 Å². The molecule has 0 atom stereocenters. The van der Waals surface area contributed by atoms with E-state index in [-0.39, 0.29) is 10.3 Å². The van der Waals surface area contributed by atoms with E-state index in [1.165, 1.54) is 11.3 Å². The lowest BCUT2D eigenvalue weighted by Crippen LogP contribution is -2.35. The number of hydrogen-bond donors (Lipinski definition) is 3. The van der Waals surface area contributed by atoms with Crippen molar-refractivity contribution >= 4 is 11.3 Å². The van der Waals surface area contributed by atoms with Crippen molar-refractivity contribution in [2.24, 2.45) is 11.1 Å². The average molecular weight is 215 g/mol. The van der Waals surface area contributed by atoms with Crippen molar-refractivity contribution in [1.29, 1.82) is 0 Å². The van der Waals surface area contributed by atoms with Crippen LogP contribution in [0.25, 0.3) is 0 Å². The standard InChI is InChI=1S/C9H17N3OS/c1-9(2,5-10)6-11-3-7-4-14-8(13)12-7/h4,11H,3,5-6,10H2,1-2H3,(H,12,13). The van der Waals surface area contributed by atoms with Gasteiger partial charge in [0.05, 0.1) is 0 Å². The van der Waals surface area contributed by atoms with Crippen LogP contribution >= 0.6 is 11.3 Å².